The van der Waals surface area contributed by atoms with Gasteiger partial charge >= 0.3 is 0 Å². The van der Waals surface area contributed by atoms with Crippen LogP contribution in [0.25, 0.3) is 0 Å². The standard InChI is InChI=1S/C14H21NO6S3/c1-14(2,3)15-24(20,21)12-6-4-5-11(9-12)23(18,19)13-7-8-22(16,17)10-13/h4-6,9,13,15H,7-8,10H2,1-3H3/t13-/m0/s1. The Morgan fingerprint density at radius 3 is 2.17 bits per heavy atom. The van der Waals surface area contributed by atoms with Gasteiger partial charge in [-0.1, -0.05) is 6.07 Å². The van der Waals surface area contributed by atoms with Crippen LogP contribution < -0.4 is 4.72 Å². The zero-order valence-corrected chi connectivity index (χ0v) is 16.1. The summed E-state index contributed by atoms with van der Waals surface area (Å²) in [7, 11) is -11.1. The van der Waals surface area contributed by atoms with E-state index in [0.29, 0.717) is 0 Å². The lowest BCUT2D eigenvalue weighted by atomic mass is 10.1. The first-order chi connectivity index (χ1) is 10.7. The van der Waals surface area contributed by atoms with Crippen molar-refractivity contribution in [1.29, 1.82) is 0 Å². The maximum Gasteiger partial charge on any atom is 0.241 e. The number of sulfone groups is 2. The molecule has 0 aliphatic carbocycles. The Labute approximate surface area is 143 Å². The lowest BCUT2D eigenvalue weighted by molar-refractivity contribution is 0.491. The summed E-state index contributed by atoms with van der Waals surface area (Å²) in [5.74, 6) is -0.590. The SMILES string of the molecule is CC(C)(C)NS(=O)(=O)c1cccc(S(=O)(=O)[C@H]2CCS(=O)(=O)C2)c1. The van der Waals surface area contributed by atoms with Gasteiger partial charge in [0.25, 0.3) is 0 Å². The number of hydrogen-bond donors (Lipinski definition) is 1. The number of benzene rings is 1. The lowest BCUT2D eigenvalue weighted by Crippen LogP contribution is -2.40. The first kappa shape index (κ1) is 19.4. The van der Waals surface area contributed by atoms with Gasteiger partial charge < -0.3 is 0 Å². The van der Waals surface area contributed by atoms with Crippen molar-refractivity contribution in [2.24, 2.45) is 0 Å². The van der Waals surface area contributed by atoms with Crippen molar-refractivity contribution in [2.45, 2.75) is 47.8 Å². The van der Waals surface area contributed by atoms with Crippen LogP contribution in [0.3, 0.4) is 0 Å². The second-order valence-corrected chi connectivity index (χ2v) is 13.0. The summed E-state index contributed by atoms with van der Waals surface area (Å²) in [6.07, 6.45) is 0.0296. The summed E-state index contributed by atoms with van der Waals surface area (Å²) in [5, 5.41) is -1.03. The van der Waals surface area contributed by atoms with Crippen LogP contribution in [0.4, 0.5) is 0 Å². The molecular weight excluding hydrogens is 374 g/mol. The third kappa shape index (κ3) is 4.35. The quantitative estimate of drug-likeness (QED) is 0.803. The molecule has 1 saturated heterocycles. The van der Waals surface area contributed by atoms with E-state index in [1.165, 1.54) is 18.2 Å². The molecule has 0 saturated carbocycles. The topological polar surface area (TPSA) is 114 Å². The van der Waals surface area contributed by atoms with Gasteiger partial charge in [-0.25, -0.2) is 30.0 Å². The molecule has 1 aliphatic heterocycles. The van der Waals surface area contributed by atoms with E-state index >= 15 is 0 Å². The predicted molar refractivity (Wildman–Crippen MR) is 90.8 cm³/mol. The minimum absolute atomic E-state index is 0.0296. The van der Waals surface area contributed by atoms with Crippen LogP contribution in [0.15, 0.2) is 34.1 Å². The third-order valence-corrected chi connectivity index (χ3v) is 9.44. The lowest BCUT2D eigenvalue weighted by Gasteiger charge is -2.20. The largest absolute Gasteiger partial charge is 0.241 e. The van der Waals surface area contributed by atoms with Crippen LogP contribution in [-0.2, 0) is 29.7 Å². The zero-order valence-electron chi connectivity index (χ0n) is 13.7. The fourth-order valence-electron chi connectivity index (χ4n) is 2.48. The van der Waals surface area contributed by atoms with Crippen LogP contribution >= 0.6 is 0 Å². The van der Waals surface area contributed by atoms with Crippen molar-refractivity contribution >= 4 is 29.7 Å². The van der Waals surface area contributed by atoms with Gasteiger partial charge in [0.2, 0.25) is 10.0 Å². The van der Waals surface area contributed by atoms with Crippen molar-refractivity contribution in [1.82, 2.24) is 4.72 Å². The molecular formula is C14H21NO6S3. The molecule has 0 aromatic heterocycles. The minimum Gasteiger partial charge on any atom is -0.229 e. The van der Waals surface area contributed by atoms with Crippen LogP contribution in [0.2, 0.25) is 0 Å². The molecule has 1 aromatic carbocycles. The van der Waals surface area contributed by atoms with Crippen molar-refractivity contribution in [3.63, 3.8) is 0 Å². The predicted octanol–water partition coefficient (Wildman–Crippen LogP) is 0.724. The molecule has 10 heteroatoms. The molecule has 136 valence electrons. The molecule has 1 atom stereocenters. The molecule has 1 N–H and O–H groups in total. The van der Waals surface area contributed by atoms with E-state index in [2.05, 4.69) is 4.72 Å². The van der Waals surface area contributed by atoms with E-state index in [4.69, 9.17) is 0 Å². The maximum atomic E-state index is 12.6. The minimum atomic E-state index is -3.91. The molecule has 1 fully saturated rings. The molecule has 0 spiro atoms. The van der Waals surface area contributed by atoms with Crippen LogP contribution in [0, 0.1) is 0 Å². The summed E-state index contributed by atoms with van der Waals surface area (Å²) < 4.78 is 75.4. The number of nitrogens with one attached hydrogen (secondary N) is 1. The smallest absolute Gasteiger partial charge is 0.229 e. The van der Waals surface area contributed by atoms with Crippen molar-refractivity contribution in [3.8, 4) is 0 Å². The molecule has 1 heterocycles. The first-order valence-electron chi connectivity index (χ1n) is 7.31. The molecule has 1 aromatic rings. The van der Waals surface area contributed by atoms with E-state index in [1.807, 2.05) is 0 Å². The average molecular weight is 396 g/mol. The Kier molecular flexibility index (Phi) is 4.90. The highest BCUT2D eigenvalue weighted by Gasteiger charge is 2.38. The summed E-state index contributed by atoms with van der Waals surface area (Å²) in [6, 6.07) is 5.01. The van der Waals surface area contributed by atoms with E-state index in [9.17, 15) is 25.3 Å². The highest BCUT2D eigenvalue weighted by atomic mass is 32.2. The second-order valence-electron chi connectivity index (χ2n) is 6.90. The highest BCUT2D eigenvalue weighted by Crippen LogP contribution is 2.27. The first-order valence-corrected chi connectivity index (χ1v) is 12.2. The van der Waals surface area contributed by atoms with E-state index in [0.717, 1.165) is 6.07 Å². The summed E-state index contributed by atoms with van der Waals surface area (Å²) in [4.78, 5) is -0.347. The van der Waals surface area contributed by atoms with Gasteiger partial charge in [0.1, 0.15) is 0 Å². The Morgan fingerprint density at radius 2 is 1.67 bits per heavy atom. The average Bonchev–Trinajstić information content (AvgIpc) is 2.77. The summed E-state index contributed by atoms with van der Waals surface area (Å²) in [6.45, 7) is 5.03. The van der Waals surface area contributed by atoms with Gasteiger partial charge in [0, 0.05) is 5.54 Å². The molecule has 0 radical (unpaired) electrons. The van der Waals surface area contributed by atoms with Gasteiger partial charge in [-0.05, 0) is 45.4 Å². The van der Waals surface area contributed by atoms with Crippen molar-refractivity contribution in [2.75, 3.05) is 11.5 Å². The van der Waals surface area contributed by atoms with Gasteiger partial charge in [-0.3, -0.25) is 0 Å². The van der Waals surface area contributed by atoms with Crippen molar-refractivity contribution in [3.05, 3.63) is 24.3 Å². The molecule has 0 unspecified atom stereocenters. The van der Waals surface area contributed by atoms with Gasteiger partial charge in [0.05, 0.1) is 26.5 Å². The molecule has 24 heavy (non-hydrogen) atoms. The summed E-state index contributed by atoms with van der Waals surface area (Å²) >= 11 is 0. The van der Waals surface area contributed by atoms with Crippen molar-refractivity contribution < 1.29 is 25.3 Å². The van der Waals surface area contributed by atoms with Crippen LogP contribution in [0.1, 0.15) is 27.2 Å². The van der Waals surface area contributed by atoms with Gasteiger partial charge in [0.15, 0.2) is 19.7 Å². The molecule has 2 rings (SSSR count). The Hall–Kier alpha value is -0.970. The summed E-state index contributed by atoms with van der Waals surface area (Å²) in [5.41, 5.74) is -0.715. The number of rotatable bonds is 4. The van der Waals surface area contributed by atoms with Crippen LogP contribution in [0.5, 0.6) is 0 Å². The highest BCUT2D eigenvalue weighted by molar-refractivity contribution is 7.96. The van der Waals surface area contributed by atoms with Gasteiger partial charge in [-0.15, -0.1) is 0 Å². The van der Waals surface area contributed by atoms with E-state index in [-0.39, 0.29) is 22.0 Å². The molecule has 0 bridgehead atoms. The van der Waals surface area contributed by atoms with Gasteiger partial charge in [-0.2, -0.15) is 0 Å². The number of hydrogen-bond acceptors (Lipinski definition) is 6. The maximum absolute atomic E-state index is 12.6. The van der Waals surface area contributed by atoms with E-state index < -0.39 is 46.2 Å². The Morgan fingerprint density at radius 1 is 1.08 bits per heavy atom. The fourth-order valence-corrected chi connectivity index (χ4v) is 8.42. The second kappa shape index (κ2) is 6.08. The third-order valence-electron chi connectivity index (χ3n) is 3.51. The Bertz CT molecular complexity index is 940. The zero-order chi connectivity index (χ0) is 18.4. The molecule has 0 amide bonds. The van der Waals surface area contributed by atoms with E-state index in [1.54, 1.807) is 20.8 Å². The number of sulfonamides is 1. The monoisotopic (exact) mass is 395 g/mol. The van der Waals surface area contributed by atoms with Crippen LogP contribution in [-0.4, -0.2) is 47.5 Å². The molecule has 7 nitrogen and oxygen atoms in total. The Balaban J connectivity index is 2.41. The molecule has 1 aliphatic rings. The fraction of sp³-hybridized carbons (Fsp3) is 0.571. The normalized spacial score (nSPS) is 21.7.